The molecule has 1 aromatic carbocycles. The molecule has 1 heterocycles. The molecule has 0 amide bonds. The Morgan fingerprint density at radius 3 is 2.26 bits per heavy atom. The van der Waals surface area contributed by atoms with Gasteiger partial charge in [-0.25, -0.2) is 9.98 Å². The van der Waals surface area contributed by atoms with Crippen molar-refractivity contribution in [1.29, 1.82) is 0 Å². The highest BCUT2D eigenvalue weighted by Crippen LogP contribution is 2.20. The number of hydrogen-bond acceptors (Lipinski definition) is 4. The molecule has 0 spiro atoms. The highest BCUT2D eigenvalue weighted by Gasteiger charge is 2.30. The van der Waals surface area contributed by atoms with E-state index >= 15 is 0 Å². The number of aryl methyl sites for hydroxylation is 1. The van der Waals surface area contributed by atoms with Crippen LogP contribution in [0, 0.1) is 18.3 Å². The smallest absolute Gasteiger partial charge is 0.209 e. The lowest BCUT2D eigenvalue weighted by molar-refractivity contribution is 0.331. The topological polar surface area (TPSA) is 43.2 Å². The Morgan fingerprint density at radius 2 is 1.74 bits per heavy atom. The first-order valence-electron chi connectivity index (χ1n) is 7.88. The van der Waals surface area contributed by atoms with E-state index in [4.69, 9.17) is 20.9 Å². The van der Waals surface area contributed by atoms with E-state index in [1.54, 1.807) is 14.2 Å². The molecule has 0 aromatic heterocycles. The van der Waals surface area contributed by atoms with Gasteiger partial charge in [-0.05, 0) is 36.5 Å². The van der Waals surface area contributed by atoms with Gasteiger partial charge in [-0.3, -0.25) is 0 Å². The minimum absolute atomic E-state index is 0.0684. The van der Waals surface area contributed by atoms with Crippen LogP contribution < -0.4 is 0 Å². The molecular weight excluding hydrogens is 288 g/mol. The molecule has 0 bridgehead atoms. The molecule has 2 atom stereocenters. The molecule has 1 aromatic rings. The summed E-state index contributed by atoms with van der Waals surface area (Å²) < 4.78 is 10.9. The maximum Gasteiger partial charge on any atom is 0.209 e. The van der Waals surface area contributed by atoms with E-state index in [1.807, 2.05) is 12.1 Å². The van der Waals surface area contributed by atoms with Crippen LogP contribution in [0.3, 0.4) is 0 Å². The minimum Gasteiger partial charge on any atom is -0.483 e. The van der Waals surface area contributed by atoms with E-state index in [9.17, 15) is 0 Å². The van der Waals surface area contributed by atoms with Gasteiger partial charge in [0.15, 0.2) is 0 Å². The molecule has 23 heavy (non-hydrogen) atoms. The van der Waals surface area contributed by atoms with Gasteiger partial charge in [-0.1, -0.05) is 31.9 Å². The lowest BCUT2D eigenvalue weighted by Crippen LogP contribution is -2.37. The van der Waals surface area contributed by atoms with Gasteiger partial charge in [0.05, 0.1) is 14.2 Å². The third-order valence-corrected chi connectivity index (χ3v) is 3.96. The number of rotatable bonds is 4. The summed E-state index contributed by atoms with van der Waals surface area (Å²) in [6.45, 7) is 4.20. The average Bonchev–Trinajstić information content (AvgIpc) is 2.59. The number of methoxy groups -OCH3 is 2. The summed E-state index contributed by atoms with van der Waals surface area (Å²) in [6.07, 6.45) is 7.08. The van der Waals surface area contributed by atoms with Crippen molar-refractivity contribution in [2.24, 2.45) is 15.9 Å². The van der Waals surface area contributed by atoms with Crippen molar-refractivity contribution in [3.05, 3.63) is 35.4 Å². The van der Waals surface area contributed by atoms with Crippen molar-refractivity contribution < 1.29 is 9.47 Å². The van der Waals surface area contributed by atoms with Crippen LogP contribution in [0.15, 0.2) is 34.3 Å². The summed E-state index contributed by atoms with van der Waals surface area (Å²) >= 11 is 0. The molecular formula is C19H24N2O2. The quantitative estimate of drug-likeness (QED) is 0.802. The first-order chi connectivity index (χ1) is 11.1. The van der Waals surface area contributed by atoms with E-state index in [2.05, 4.69) is 36.9 Å². The van der Waals surface area contributed by atoms with Gasteiger partial charge in [0, 0.05) is 5.56 Å². The second-order valence-corrected chi connectivity index (χ2v) is 5.93. The monoisotopic (exact) mass is 312 g/mol. The number of hydrogen-bond donors (Lipinski definition) is 0. The first kappa shape index (κ1) is 17.1. The van der Waals surface area contributed by atoms with E-state index in [0.29, 0.717) is 17.7 Å². The first-order valence-corrected chi connectivity index (χ1v) is 7.88. The van der Waals surface area contributed by atoms with Crippen molar-refractivity contribution >= 4 is 11.8 Å². The zero-order chi connectivity index (χ0) is 16.8. The van der Waals surface area contributed by atoms with Gasteiger partial charge in [-0.15, -0.1) is 6.42 Å². The zero-order valence-corrected chi connectivity index (χ0v) is 14.2. The molecule has 0 saturated heterocycles. The molecule has 0 saturated carbocycles. The molecule has 4 heteroatoms. The van der Waals surface area contributed by atoms with E-state index in [1.165, 1.54) is 5.56 Å². The fourth-order valence-electron chi connectivity index (χ4n) is 2.62. The standard InChI is InChI=1S/C19H24N2O2/c1-6-14-7-9-15(10-8-14)11-12-16-18(22-4)21-17(13(2)3)19(20-16)23-5/h1,7-10,13,16-17H,11-12H2,2-5H3/t16-,17+/m0/s1. The van der Waals surface area contributed by atoms with Crippen molar-refractivity contribution in [1.82, 2.24) is 0 Å². The number of terminal acetylenes is 1. The lowest BCUT2D eigenvalue weighted by atomic mass is 10.00. The summed E-state index contributed by atoms with van der Waals surface area (Å²) in [7, 11) is 3.30. The second-order valence-electron chi connectivity index (χ2n) is 5.93. The summed E-state index contributed by atoms with van der Waals surface area (Å²) in [4.78, 5) is 9.40. The number of nitrogens with zero attached hydrogens (tertiary/aromatic N) is 2. The van der Waals surface area contributed by atoms with Crippen LogP contribution in [0.1, 0.15) is 31.4 Å². The average molecular weight is 312 g/mol. The maximum absolute atomic E-state index is 5.46. The van der Waals surface area contributed by atoms with Crippen LogP contribution in [0.5, 0.6) is 0 Å². The maximum atomic E-state index is 5.46. The molecule has 0 unspecified atom stereocenters. The lowest BCUT2D eigenvalue weighted by Gasteiger charge is -2.27. The van der Waals surface area contributed by atoms with Crippen molar-refractivity contribution in [2.45, 2.75) is 38.8 Å². The Hall–Kier alpha value is -2.28. The number of aliphatic imine (C=N–C) groups is 2. The second kappa shape index (κ2) is 7.82. The third-order valence-electron chi connectivity index (χ3n) is 3.96. The van der Waals surface area contributed by atoms with Crippen LogP contribution in [-0.4, -0.2) is 38.1 Å². The van der Waals surface area contributed by atoms with Gasteiger partial charge in [-0.2, -0.15) is 0 Å². The summed E-state index contributed by atoms with van der Waals surface area (Å²) in [5.74, 6) is 4.32. The minimum atomic E-state index is -0.0998. The number of benzene rings is 1. The highest BCUT2D eigenvalue weighted by atomic mass is 16.5. The molecule has 2 rings (SSSR count). The van der Waals surface area contributed by atoms with Crippen LogP contribution in [0.4, 0.5) is 0 Å². The molecule has 0 N–H and O–H groups in total. The molecule has 122 valence electrons. The van der Waals surface area contributed by atoms with Gasteiger partial charge >= 0.3 is 0 Å². The Bertz CT molecular complexity index is 624. The SMILES string of the molecule is C#Cc1ccc(CC[C@@H]2N=C(OC)[C@@H](C(C)C)N=C2OC)cc1. The predicted molar refractivity (Wildman–Crippen MR) is 94.0 cm³/mol. The Balaban J connectivity index is 2.09. The largest absolute Gasteiger partial charge is 0.483 e. The van der Waals surface area contributed by atoms with Gasteiger partial charge < -0.3 is 9.47 Å². The van der Waals surface area contributed by atoms with Crippen LogP contribution >= 0.6 is 0 Å². The van der Waals surface area contributed by atoms with E-state index in [-0.39, 0.29) is 12.1 Å². The fraction of sp³-hybridized carbons (Fsp3) is 0.474. The van der Waals surface area contributed by atoms with E-state index < -0.39 is 0 Å². The normalized spacial score (nSPS) is 20.5. The molecule has 4 nitrogen and oxygen atoms in total. The Kier molecular flexibility index (Phi) is 5.81. The molecule has 0 aliphatic carbocycles. The molecule has 1 aliphatic rings. The van der Waals surface area contributed by atoms with Gasteiger partial charge in [0.2, 0.25) is 11.8 Å². The number of ether oxygens (including phenoxy) is 2. The van der Waals surface area contributed by atoms with Crippen LogP contribution in [-0.2, 0) is 15.9 Å². The summed E-state index contributed by atoms with van der Waals surface area (Å²) in [5, 5.41) is 0. The fourth-order valence-corrected chi connectivity index (χ4v) is 2.62. The Morgan fingerprint density at radius 1 is 1.09 bits per heavy atom. The van der Waals surface area contributed by atoms with Crippen molar-refractivity contribution in [2.75, 3.05) is 14.2 Å². The van der Waals surface area contributed by atoms with Gasteiger partial charge in [0.1, 0.15) is 12.1 Å². The predicted octanol–water partition coefficient (Wildman–Crippen LogP) is 3.10. The van der Waals surface area contributed by atoms with Crippen LogP contribution in [0.25, 0.3) is 0 Å². The van der Waals surface area contributed by atoms with Crippen LogP contribution in [0.2, 0.25) is 0 Å². The zero-order valence-electron chi connectivity index (χ0n) is 14.2. The highest BCUT2D eigenvalue weighted by molar-refractivity contribution is 5.94. The Labute approximate surface area is 138 Å². The summed E-state index contributed by atoms with van der Waals surface area (Å²) in [6, 6.07) is 7.86. The molecule has 0 fully saturated rings. The van der Waals surface area contributed by atoms with E-state index in [0.717, 1.165) is 18.4 Å². The van der Waals surface area contributed by atoms with Crippen molar-refractivity contribution in [3.8, 4) is 12.3 Å². The molecule has 0 radical (unpaired) electrons. The third kappa shape index (κ3) is 4.13. The summed E-state index contributed by atoms with van der Waals surface area (Å²) in [5.41, 5.74) is 2.12. The molecule has 1 aliphatic heterocycles. The van der Waals surface area contributed by atoms with Crippen molar-refractivity contribution in [3.63, 3.8) is 0 Å². The van der Waals surface area contributed by atoms with Gasteiger partial charge in [0.25, 0.3) is 0 Å².